The van der Waals surface area contributed by atoms with E-state index in [0.29, 0.717) is 30.8 Å². The van der Waals surface area contributed by atoms with Crippen molar-refractivity contribution in [3.05, 3.63) is 42.0 Å². The summed E-state index contributed by atoms with van der Waals surface area (Å²) in [6.07, 6.45) is 2.02. The lowest BCUT2D eigenvalue weighted by Gasteiger charge is -2.31. The zero-order valence-corrected chi connectivity index (χ0v) is 15.3. The van der Waals surface area contributed by atoms with Crippen molar-refractivity contribution in [2.75, 3.05) is 26.8 Å². The Hall–Kier alpha value is -3.07. The molecule has 1 amide bonds. The molecule has 27 heavy (non-hydrogen) atoms. The minimum atomic E-state index is -0.193. The van der Waals surface area contributed by atoms with E-state index in [-0.39, 0.29) is 24.4 Å². The zero-order chi connectivity index (χ0) is 19.2. The molecule has 3 rings (SSSR count). The van der Waals surface area contributed by atoms with Gasteiger partial charge in [0.1, 0.15) is 5.75 Å². The van der Waals surface area contributed by atoms with Gasteiger partial charge in [0.15, 0.2) is 6.61 Å². The Morgan fingerprint density at radius 2 is 1.85 bits per heavy atom. The maximum absolute atomic E-state index is 12.4. The summed E-state index contributed by atoms with van der Waals surface area (Å²) < 4.78 is 10.4. The van der Waals surface area contributed by atoms with Crippen molar-refractivity contribution in [1.29, 1.82) is 5.26 Å². The van der Waals surface area contributed by atoms with Crippen LogP contribution in [-0.4, -0.2) is 43.6 Å². The van der Waals surface area contributed by atoms with E-state index in [1.165, 1.54) is 7.11 Å². The standard InChI is InChI=1S/C21H22N2O4/c1-26-21(25)11-15-6-8-23(9-7-15)20(24)14-27-19-5-4-17-10-16(13-22)2-3-18(17)12-19/h2-5,10,12,15H,6-9,11,14H2,1H3. The molecule has 0 bridgehead atoms. The average molecular weight is 366 g/mol. The number of esters is 1. The first-order valence-corrected chi connectivity index (χ1v) is 9.00. The number of carbonyl (C=O) groups is 2. The third-order valence-electron chi connectivity index (χ3n) is 4.95. The summed E-state index contributed by atoms with van der Waals surface area (Å²) in [7, 11) is 1.40. The van der Waals surface area contributed by atoms with Crippen LogP contribution in [0.15, 0.2) is 36.4 Å². The summed E-state index contributed by atoms with van der Waals surface area (Å²) in [6, 6.07) is 13.1. The van der Waals surface area contributed by atoms with Crippen molar-refractivity contribution in [3.63, 3.8) is 0 Å². The maximum Gasteiger partial charge on any atom is 0.305 e. The largest absolute Gasteiger partial charge is 0.484 e. The van der Waals surface area contributed by atoms with Crippen LogP contribution >= 0.6 is 0 Å². The molecular weight excluding hydrogens is 344 g/mol. The minimum Gasteiger partial charge on any atom is -0.484 e. The summed E-state index contributed by atoms with van der Waals surface area (Å²) in [5.41, 5.74) is 0.613. The fourth-order valence-corrected chi connectivity index (χ4v) is 3.33. The van der Waals surface area contributed by atoms with E-state index in [1.54, 1.807) is 17.0 Å². The second-order valence-corrected chi connectivity index (χ2v) is 6.73. The number of hydrogen-bond acceptors (Lipinski definition) is 5. The van der Waals surface area contributed by atoms with Gasteiger partial charge < -0.3 is 14.4 Å². The highest BCUT2D eigenvalue weighted by Crippen LogP contribution is 2.23. The average Bonchev–Trinajstić information content (AvgIpc) is 2.71. The van der Waals surface area contributed by atoms with Gasteiger partial charge in [0.2, 0.25) is 0 Å². The van der Waals surface area contributed by atoms with E-state index < -0.39 is 0 Å². The molecule has 0 N–H and O–H groups in total. The first-order valence-electron chi connectivity index (χ1n) is 9.00. The number of benzene rings is 2. The third-order valence-corrected chi connectivity index (χ3v) is 4.95. The van der Waals surface area contributed by atoms with Crippen molar-refractivity contribution >= 4 is 22.6 Å². The van der Waals surface area contributed by atoms with Crippen LogP contribution in [0, 0.1) is 17.2 Å². The van der Waals surface area contributed by atoms with E-state index in [1.807, 2.05) is 24.3 Å². The van der Waals surface area contributed by atoms with Gasteiger partial charge in [0, 0.05) is 19.5 Å². The van der Waals surface area contributed by atoms with Gasteiger partial charge in [-0.05, 0) is 53.8 Å². The second-order valence-electron chi connectivity index (χ2n) is 6.73. The van der Waals surface area contributed by atoms with Crippen molar-refractivity contribution < 1.29 is 19.1 Å². The number of likely N-dealkylation sites (tertiary alicyclic amines) is 1. The summed E-state index contributed by atoms with van der Waals surface area (Å²) in [5, 5.41) is 10.9. The predicted octanol–water partition coefficient (Wildman–Crippen LogP) is 2.89. The zero-order valence-electron chi connectivity index (χ0n) is 15.3. The van der Waals surface area contributed by atoms with Crippen LogP contribution < -0.4 is 4.74 Å². The molecule has 0 unspecified atom stereocenters. The second kappa shape index (κ2) is 8.54. The lowest BCUT2D eigenvalue weighted by molar-refractivity contribution is -0.142. The van der Waals surface area contributed by atoms with Crippen molar-refractivity contribution in [1.82, 2.24) is 4.90 Å². The summed E-state index contributed by atoms with van der Waals surface area (Å²) >= 11 is 0. The van der Waals surface area contributed by atoms with Gasteiger partial charge in [-0.15, -0.1) is 0 Å². The highest BCUT2D eigenvalue weighted by molar-refractivity contribution is 5.85. The fourth-order valence-electron chi connectivity index (χ4n) is 3.33. The number of ether oxygens (including phenoxy) is 2. The first-order chi connectivity index (χ1) is 13.1. The van der Waals surface area contributed by atoms with Crippen LogP contribution in [0.25, 0.3) is 10.8 Å². The quantitative estimate of drug-likeness (QED) is 0.760. The Labute approximate surface area is 158 Å². The number of nitriles is 1. The maximum atomic E-state index is 12.4. The van der Waals surface area contributed by atoms with Crippen LogP contribution in [0.5, 0.6) is 5.75 Å². The van der Waals surface area contributed by atoms with Gasteiger partial charge >= 0.3 is 5.97 Å². The topological polar surface area (TPSA) is 79.6 Å². The molecule has 0 aliphatic carbocycles. The summed E-state index contributed by atoms with van der Waals surface area (Å²) in [4.78, 5) is 25.5. The Bertz CT molecular complexity index is 879. The number of carbonyl (C=O) groups excluding carboxylic acids is 2. The molecule has 1 aliphatic heterocycles. The van der Waals surface area contributed by atoms with Crippen LogP contribution in [-0.2, 0) is 14.3 Å². The smallest absolute Gasteiger partial charge is 0.305 e. The molecule has 140 valence electrons. The molecule has 0 saturated carbocycles. The number of rotatable bonds is 5. The lowest BCUT2D eigenvalue weighted by atomic mass is 9.93. The van der Waals surface area contributed by atoms with Crippen molar-refractivity contribution in [2.45, 2.75) is 19.3 Å². The molecule has 0 aromatic heterocycles. The summed E-state index contributed by atoms with van der Waals surface area (Å²) in [6.45, 7) is 1.26. The number of nitrogens with zero attached hydrogens (tertiary/aromatic N) is 2. The van der Waals surface area contributed by atoms with E-state index in [2.05, 4.69) is 6.07 Å². The molecular formula is C21H22N2O4. The Balaban J connectivity index is 1.51. The molecule has 1 saturated heterocycles. The number of amides is 1. The van der Waals surface area contributed by atoms with Crippen molar-refractivity contribution in [3.8, 4) is 11.8 Å². The van der Waals surface area contributed by atoms with E-state index >= 15 is 0 Å². The van der Waals surface area contributed by atoms with Crippen LogP contribution in [0.2, 0.25) is 0 Å². The number of hydrogen-bond donors (Lipinski definition) is 0. The Morgan fingerprint density at radius 3 is 2.56 bits per heavy atom. The number of piperidine rings is 1. The Kier molecular flexibility index (Phi) is 5.92. The molecule has 6 nitrogen and oxygen atoms in total. The van der Waals surface area contributed by atoms with Crippen LogP contribution in [0.4, 0.5) is 0 Å². The molecule has 2 aromatic rings. The molecule has 0 radical (unpaired) electrons. The minimum absolute atomic E-state index is 0.0105. The SMILES string of the molecule is COC(=O)CC1CCN(C(=O)COc2ccc3cc(C#N)ccc3c2)CC1. The lowest BCUT2D eigenvalue weighted by Crippen LogP contribution is -2.41. The monoisotopic (exact) mass is 366 g/mol. The van der Waals surface area contributed by atoms with Gasteiger partial charge in [-0.3, -0.25) is 9.59 Å². The van der Waals surface area contributed by atoms with E-state index in [9.17, 15) is 9.59 Å². The van der Waals surface area contributed by atoms with Gasteiger partial charge in [-0.25, -0.2) is 0 Å². The van der Waals surface area contributed by atoms with Crippen LogP contribution in [0.3, 0.4) is 0 Å². The highest BCUT2D eigenvalue weighted by Gasteiger charge is 2.24. The molecule has 6 heteroatoms. The normalized spacial score (nSPS) is 14.6. The number of fused-ring (bicyclic) bond motifs is 1. The Morgan fingerprint density at radius 1 is 1.15 bits per heavy atom. The molecule has 1 heterocycles. The highest BCUT2D eigenvalue weighted by atomic mass is 16.5. The fraction of sp³-hybridized carbons (Fsp3) is 0.381. The number of methoxy groups -OCH3 is 1. The molecule has 0 atom stereocenters. The molecule has 1 aliphatic rings. The van der Waals surface area contributed by atoms with Crippen LogP contribution in [0.1, 0.15) is 24.8 Å². The van der Waals surface area contributed by atoms with Crippen molar-refractivity contribution in [2.24, 2.45) is 5.92 Å². The van der Waals surface area contributed by atoms with Gasteiger partial charge in [-0.1, -0.05) is 12.1 Å². The predicted molar refractivity (Wildman–Crippen MR) is 100 cm³/mol. The van der Waals surface area contributed by atoms with E-state index in [4.69, 9.17) is 14.7 Å². The van der Waals surface area contributed by atoms with Gasteiger partial charge in [0.25, 0.3) is 5.91 Å². The van der Waals surface area contributed by atoms with Gasteiger partial charge in [-0.2, -0.15) is 5.26 Å². The van der Waals surface area contributed by atoms with Gasteiger partial charge in [0.05, 0.1) is 18.7 Å². The van der Waals surface area contributed by atoms with E-state index in [0.717, 1.165) is 23.6 Å². The third kappa shape index (κ3) is 4.76. The molecule has 2 aromatic carbocycles. The summed E-state index contributed by atoms with van der Waals surface area (Å²) in [5.74, 6) is 0.662. The first kappa shape index (κ1) is 18.7. The molecule has 0 spiro atoms. The molecule has 1 fully saturated rings.